The molecule has 1 aromatic rings. The van der Waals surface area contributed by atoms with Gasteiger partial charge in [0.1, 0.15) is 4.90 Å². The molecule has 0 aromatic heterocycles. The zero-order chi connectivity index (χ0) is 13.9. The van der Waals surface area contributed by atoms with Crippen LogP contribution in [-0.2, 0) is 10.0 Å². The fourth-order valence-electron chi connectivity index (χ4n) is 1.54. The number of para-hydroxylation sites is 1. The van der Waals surface area contributed by atoms with Gasteiger partial charge in [0.05, 0.1) is 24.0 Å². The van der Waals surface area contributed by atoms with E-state index in [2.05, 4.69) is 5.32 Å². The topological polar surface area (TPSA) is 118 Å². The van der Waals surface area contributed by atoms with Gasteiger partial charge in [-0.05, 0) is 18.1 Å². The van der Waals surface area contributed by atoms with Gasteiger partial charge in [0.15, 0.2) is 0 Å². The summed E-state index contributed by atoms with van der Waals surface area (Å²) in [5, 5.41) is 17.3. The number of aliphatic hydroxyl groups is 1. The maximum atomic E-state index is 11.3. The maximum Gasteiger partial charge on any atom is 0.240 e. The Kier molecular flexibility index (Phi) is 4.55. The van der Waals surface area contributed by atoms with Crippen LogP contribution in [0.5, 0.6) is 0 Å². The molecule has 1 aromatic carbocycles. The van der Waals surface area contributed by atoms with Crippen LogP contribution < -0.4 is 16.2 Å². The van der Waals surface area contributed by atoms with E-state index in [0.29, 0.717) is 5.69 Å². The lowest BCUT2D eigenvalue weighted by Crippen LogP contribution is -2.30. The molecular formula is C11H19N3O3S. The molecule has 0 bridgehead atoms. The number of aliphatic hydroxyl groups excluding tert-OH is 1. The Morgan fingerprint density at radius 1 is 1.39 bits per heavy atom. The average Bonchev–Trinajstić information content (AvgIpc) is 2.25. The van der Waals surface area contributed by atoms with Crippen molar-refractivity contribution in [3.05, 3.63) is 18.2 Å². The number of sulfonamides is 1. The molecule has 0 saturated carbocycles. The Balaban J connectivity index is 3.12. The van der Waals surface area contributed by atoms with Crippen LogP contribution in [0.15, 0.2) is 23.1 Å². The molecular weight excluding hydrogens is 254 g/mol. The summed E-state index contributed by atoms with van der Waals surface area (Å²) in [5.41, 5.74) is 6.29. The fourth-order valence-corrected chi connectivity index (χ4v) is 2.23. The Hall–Kier alpha value is -1.31. The van der Waals surface area contributed by atoms with E-state index in [1.165, 1.54) is 6.07 Å². The maximum absolute atomic E-state index is 11.3. The molecule has 6 nitrogen and oxygen atoms in total. The Morgan fingerprint density at radius 2 is 2.00 bits per heavy atom. The third-order valence-electron chi connectivity index (χ3n) is 2.71. The molecule has 1 rings (SSSR count). The van der Waals surface area contributed by atoms with Gasteiger partial charge < -0.3 is 16.2 Å². The summed E-state index contributed by atoms with van der Waals surface area (Å²) in [6.07, 6.45) is 0. The van der Waals surface area contributed by atoms with E-state index in [9.17, 15) is 13.5 Å². The predicted octanol–water partition coefficient (Wildman–Crippen LogP) is 0.345. The minimum absolute atomic E-state index is 0.0686. The SMILES string of the molecule is CC(C)[C@@H](CO)Nc1cccc(S(N)(=O)=O)c1N. The van der Waals surface area contributed by atoms with Crippen molar-refractivity contribution >= 4 is 21.4 Å². The van der Waals surface area contributed by atoms with Crippen LogP contribution in [0.3, 0.4) is 0 Å². The molecule has 7 heteroatoms. The standard InChI is InChI=1S/C11H19N3O3S/c1-7(2)9(6-15)14-8-4-3-5-10(11(8)12)18(13,16)17/h3-5,7,9,14-15H,6,12H2,1-2H3,(H2,13,16,17)/t9-/m1/s1. The first-order chi connectivity index (χ1) is 8.27. The molecule has 1 atom stereocenters. The van der Waals surface area contributed by atoms with Gasteiger partial charge in [0.2, 0.25) is 10.0 Å². The zero-order valence-electron chi connectivity index (χ0n) is 10.4. The number of primary sulfonamides is 1. The molecule has 0 unspecified atom stereocenters. The van der Waals surface area contributed by atoms with Crippen LogP contribution in [-0.4, -0.2) is 26.2 Å². The van der Waals surface area contributed by atoms with Crippen LogP contribution in [0, 0.1) is 5.92 Å². The van der Waals surface area contributed by atoms with Crippen molar-refractivity contribution in [1.29, 1.82) is 0 Å². The molecule has 0 spiro atoms. The number of anilines is 2. The van der Waals surface area contributed by atoms with E-state index in [1.807, 2.05) is 13.8 Å². The van der Waals surface area contributed by atoms with Gasteiger partial charge in [-0.15, -0.1) is 0 Å². The molecule has 6 N–H and O–H groups in total. The highest BCUT2D eigenvalue weighted by atomic mass is 32.2. The summed E-state index contributed by atoms with van der Waals surface area (Å²) in [6.45, 7) is 3.80. The monoisotopic (exact) mass is 273 g/mol. The molecule has 0 aliphatic rings. The van der Waals surface area contributed by atoms with Crippen molar-refractivity contribution in [1.82, 2.24) is 0 Å². The van der Waals surface area contributed by atoms with E-state index in [-0.39, 0.29) is 29.1 Å². The number of hydrogen-bond acceptors (Lipinski definition) is 5. The number of nitrogens with two attached hydrogens (primary N) is 2. The highest BCUT2D eigenvalue weighted by molar-refractivity contribution is 7.89. The quantitative estimate of drug-likeness (QED) is 0.577. The van der Waals surface area contributed by atoms with Gasteiger partial charge in [-0.3, -0.25) is 0 Å². The first-order valence-corrected chi connectivity index (χ1v) is 7.10. The Bertz CT molecular complexity index is 514. The summed E-state index contributed by atoms with van der Waals surface area (Å²) in [4.78, 5) is -0.118. The second-order valence-electron chi connectivity index (χ2n) is 4.44. The van der Waals surface area contributed by atoms with Crippen molar-refractivity contribution in [3.8, 4) is 0 Å². The third kappa shape index (κ3) is 3.34. The molecule has 0 radical (unpaired) electrons. The molecule has 102 valence electrons. The van der Waals surface area contributed by atoms with E-state index in [0.717, 1.165) is 0 Å². The molecule has 0 heterocycles. The van der Waals surface area contributed by atoms with Crippen molar-refractivity contribution in [2.75, 3.05) is 17.7 Å². The minimum Gasteiger partial charge on any atom is -0.396 e. The van der Waals surface area contributed by atoms with Gasteiger partial charge in [-0.1, -0.05) is 19.9 Å². The van der Waals surface area contributed by atoms with Crippen LogP contribution >= 0.6 is 0 Å². The highest BCUT2D eigenvalue weighted by Gasteiger charge is 2.18. The zero-order valence-corrected chi connectivity index (χ0v) is 11.2. The molecule has 0 amide bonds. The second kappa shape index (κ2) is 5.55. The summed E-state index contributed by atoms with van der Waals surface area (Å²) in [5.74, 6) is 0.174. The summed E-state index contributed by atoms with van der Waals surface area (Å²) in [6, 6.07) is 4.34. The van der Waals surface area contributed by atoms with Crippen molar-refractivity contribution < 1.29 is 13.5 Å². The van der Waals surface area contributed by atoms with Crippen LogP contribution in [0.2, 0.25) is 0 Å². The normalized spacial score (nSPS) is 13.6. The lowest BCUT2D eigenvalue weighted by Gasteiger charge is -2.22. The lowest BCUT2D eigenvalue weighted by atomic mass is 10.0. The number of hydrogen-bond donors (Lipinski definition) is 4. The lowest BCUT2D eigenvalue weighted by molar-refractivity contribution is 0.249. The van der Waals surface area contributed by atoms with Gasteiger partial charge in [-0.25, -0.2) is 13.6 Å². The predicted molar refractivity (Wildman–Crippen MR) is 71.6 cm³/mol. The summed E-state index contributed by atoms with van der Waals surface area (Å²) in [7, 11) is -3.85. The number of rotatable bonds is 5. The first-order valence-electron chi connectivity index (χ1n) is 5.56. The van der Waals surface area contributed by atoms with E-state index < -0.39 is 10.0 Å². The molecule has 0 saturated heterocycles. The largest absolute Gasteiger partial charge is 0.396 e. The van der Waals surface area contributed by atoms with Crippen molar-refractivity contribution in [2.45, 2.75) is 24.8 Å². The van der Waals surface area contributed by atoms with Crippen molar-refractivity contribution in [2.24, 2.45) is 11.1 Å². The number of nitrogens with one attached hydrogen (secondary N) is 1. The van der Waals surface area contributed by atoms with Crippen molar-refractivity contribution in [3.63, 3.8) is 0 Å². The first kappa shape index (κ1) is 14.7. The van der Waals surface area contributed by atoms with Crippen LogP contribution in [0.25, 0.3) is 0 Å². The second-order valence-corrected chi connectivity index (χ2v) is 5.97. The van der Waals surface area contributed by atoms with E-state index in [1.54, 1.807) is 12.1 Å². The highest BCUT2D eigenvalue weighted by Crippen LogP contribution is 2.27. The average molecular weight is 273 g/mol. The van der Waals surface area contributed by atoms with Gasteiger partial charge in [0.25, 0.3) is 0 Å². The Morgan fingerprint density at radius 3 is 2.44 bits per heavy atom. The fraction of sp³-hybridized carbons (Fsp3) is 0.455. The molecule has 18 heavy (non-hydrogen) atoms. The summed E-state index contributed by atoms with van der Waals surface area (Å²) < 4.78 is 22.6. The minimum atomic E-state index is -3.85. The van der Waals surface area contributed by atoms with Gasteiger partial charge in [-0.2, -0.15) is 0 Å². The number of benzene rings is 1. The van der Waals surface area contributed by atoms with E-state index in [4.69, 9.17) is 10.9 Å². The van der Waals surface area contributed by atoms with Crippen LogP contribution in [0.4, 0.5) is 11.4 Å². The smallest absolute Gasteiger partial charge is 0.240 e. The number of nitrogen functional groups attached to an aromatic ring is 1. The van der Waals surface area contributed by atoms with Crippen LogP contribution in [0.1, 0.15) is 13.8 Å². The van der Waals surface area contributed by atoms with Gasteiger partial charge in [0, 0.05) is 0 Å². The Labute approximate surface area is 107 Å². The van der Waals surface area contributed by atoms with Gasteiger partial charge >= 0.3 is 0 Å². The van der Waals surface area contributed by atoms with E-state index >= 15 is 0 Å². The molecule has 0 fully saturated rings. The summed E-state index contributed by atoms with van der Waals surface area (Å²) >= 11 is 0. The third-order valence-corrected chi connectivity index (χ3v) is 3.68. The molecule has 0 aliphatic heterocycles. The molecule has 0 aliphatic carbocycles.